The lowest BCUT2D eigenvalue weighted by Gasteiger charge is -2.05. The normalized spacial score (nSPS) is 10.5. The van der Waals surface area contributed by atoms with E-state index in [1.165, 1.54) is 29.5 Å². The Morgan fingerprint density at radius 3 is 2.29 bits per heavy atom. The van der Waals surface area contributed by atoms with Crippen LogP contribution in [-0.2, 0) is 6.42 Å². The second-order valence-electron chi connectivity index (χ2n) is 3.95. The lowest BCUT2D eigenvalue weighted by Crippen LogP contribution is -2.14. The van der Waals surface area contributed by atoms with Gasteiger partial charge in [-0.2, -0.15) is 0 Å². The second-order valence-corrected chi connectivity index (χ2v) is 3.95. The lowest BCUT2D eigenvalue weighted by molar-refractivity contribution is 0.672. The Balaban J connectivity index is 2.42. The Bertz CT molecular complexity index is 258. The van der Waals surface area contributed by atoms with Gasteiger partial charge in [-0.25, -0.2) is 0 Å². The van der Waals surface area contributed by atoms with E-state index in [2.05, 4.69) is 44.3 Å². The minimum atomic E-state index is 1.08. The molecular formula is C13H21N. The van der Waals surface area contributed by atoms with Crippen molar-refractivity contribution in [2.75, 3.05) is 13.1 Å². The van der Waals surface area contributed by atoms with Crippen LogP contribution in [0.15, 0.2) is 18.2 Å². The maximum atomic E-state index is 3.35. The monoisotopic (exact) mass is 191 g/mol. The van der Waals surface area contributed by atoms with Gasteiger partial charge in [0.1, 0.15) is 0 Å². The van der Waals surface area contributed by atoms with E-state index in [4.69, 9.17) is 0 Å². The molecule has 0 fully saturated rings. The van der Waals surface area contributed by atoms with Gasteiger partial charge in [-0.05, 0) is 45.3 Å². The molecule has 14 heavy (non-hydrogen) atoms. The van der Waals surface area contributed by atoms with Crippen LogP contribution in [0.4, 0.5) is 0 Å². The van der Waals surface area contributed by atoms with Crippen molar-refractivity contribution in [3.05, 3.63) is 34.9 Å². The van der Waals surface area contributed by atoms with Crippen LogP contribution in [0.25, 0.3) is 0 Å². The molecule has 0 heterocycles. The third kappa shape index (κ3) is 3.93. The average Bonchev–Trinajstić information content (AvgIpc) is 2.11. The topological polar surface area (TPSA) is 12.0 Å². The number of benzene rings is 1. The molecule has 1 rings (SSSR count). The Hall–Kier alpha value is -0.820. The number of rotatable bonds is 5. The molecule has 0 spiro atoms. The zero-order chi connectivity index (χ0) is 10.4. The van der Waals surface area contributed by atoms with E-state index >= 15 is 0 Å². The van der Waals surface area contributed by atoms with E-state index < -0.39 is 0 Å². The first-order valence-corrected chi connectivity index (χ1v) is 5.50. The molecule has 1 heteroatoms. The van der Waals surface area contributed by atoms with Crippen LogP contribution < -0.4 is 5.32 Å². The summed E-state index contributed by atoms with van der Waals surface area (Å²) in [5.74, 6) is 0. The van der Waals surface area contributed by atoms with Gasteiger partial charge >= 0.3 is 0 Å². The first-order valence-electron chi connectivity index (χ1n) is 5.50. The van der Waals surface area contributed by atoms with Crippen molar-refractivity contribution in [3.8, 4) is 0 Å². The fourth-order valence-corrected chi connectivity index (χ4v) is 1.81. The standard InChI is InChI=1S/C13H21N/c1-4-14-7-5-6-13-9-11(2)8-12(3)10-13/h8-10,14H,4-7H2,1-3H3. The molecule has 1 nitrogen and oxygen atoms in total. The summed E-state index contributed by atoms with van der Waals surface area (Å²) in [4.78, 5) is 0. The number of hydrogen-bond donors (Lipinski definition) is 1. The number of nitrogens with one attached hydrogen (secondary N) is 1. The van der Waals surface area contributed by atoms with Gasteiger partial charge in [0.25, 0.3) is 0 Å². The predicted octanol–water partition coefficient (Wildman–Crippen LogP) is 2.85. The van der Waals surface area contributed by atoms with Gasteiger partial charge in [0.15, 0.2) is 0 Å². The molecule has 0 unspecified atom stereocenters. The van der Waals surface area contributed by atoms with Crippen molar-refractivity contribution < 1.29 is 0 Å². The number of hydrogen-bond acceptors (Lipinski definition) is 1. The molecule has 0 saturated carbocycles. The molecule has 1 aromatic rings. The van der Waals surface area contributed by atoms with Gasteiger partial charge in [-0.3, -0.25) is 0 Å². The van der Waals surface area contributed by atoms with Crippen LogP contribution >= 0.6 is 0 Å². The molecule has 0 radical (unpaired) electrons. The fraction of sp³-hybridized carbons (Fsp3) is 0.538. The van der Waals surface area contributed by atoms with Crippen LogP contribution in [0.2, 0.25) is 0 Å². The summed E-state index contributed by atoms with van der Waals surface area (Å²) in [6, 6.07) is 6.81. The third-order valence-corrected chi connectivity index (χ3v) is 2.35. The van der Waals surface area contributed by atoms with E-state index in [0.29, 0.717) is 0 Å². The van der Waals surface area contributed by atoms with Gasteiger partial charge in [0, 0.05) is 0 Å². The maximum absolute atomic E-state index is 3.35. The highest BCUT2D eigenvalue weighted by Gasteiger charge is 1.95. The van der Waals surface area contributed by atoms with Crippen molar-refractivity contribution in [2.45, 2.75) is 33.6 Å². The molecular weight excluding hydrogens is 170 g/mol. The summed E-state index contributed by atoms with van der Waals surface area (Å²) in [5.41, 5.74) is 4.23. The Labute approximate surface area is 87.5 Å². The second kappa shape index (κ2) is 5.82. The van der Waals surface area contributed by atoms with Gasteiger partial charge in [-0.15, -0.1) is 0 Å². The van der Waals surface area contributed by atoms with Crippen molar-refractivity contribution >= 4 is 0 Å². The molecule has 0 atom stereocenters. The van der Waals surface area contributed by atoms with E-state index in [9.17, 15) is 0 Å². The summed E-state index contributed by atoms with van der Waals surface area (Å²) < 4.78 is 0. The molecule has 78 valence electrons. The lowest BCUT2D eigenvalue weighted by atomic mass is 10.0. The molecule has 0 aliphatic carbocycles. The summed E-state index contributed by atoms with van der Waals surface area (Å²) in [6.07, 6.45) is 2.42. The fourth-order valence-electron chi connectivity index (χ4n) is 1.81. The highest BCUT2D eigenvalue weighted by Crippen LogP contribution is 2.10. The summed E-state index contributed by atoms with van der Waals surface area (Å²) in [7, 11) is 0. The first kappa shape index (κ1) is 11.3. The van der Waals surface area contributed by atoms with Crippen molar-refractivity contribution in [1.82, 2.24) is 5.32 Å². The van der Waals surface area contributed by atoms with Gasteiger partial charge in [0.05, 0.1) is 0 Å². The summed E-state index contributed by atoms with van der Waals surface area (Å²) in [5, 5.41) is 3.35. The zero-order valence-corrected chi connectivity index (χ0v) is 9.56. The van der Waals surface area contributed by atoms with Crippen molar-refractivity contribution in [3.63, 3.8) is 0 Å². The van der Waals surface area contributed by atoms with Crippen LogP contribution in [0.1, 0.15) is 30.0 Å². The third-order valence-electron chi connectivity index (χ3n) is 2.35. The van der Waals surface area contributed by atoms with Gasteiger partial charge in [0.2, 0.25) is 0 Å². The largest absolute Gasteiger partial charge is 0.317 e. The molecule has 0 aromatic heterocycles. The highest BCUT2D eigenvalue weighted by molar-refractivity contribution is 5.28. The summed E-state index contributed by atoms with van der Waals surface area (Å²) >= 11 is 0. The SMILES string of the molecule is CCNCCCc1cc(C)cc(C)c1. The quantitative estimate of drug-likeness (QED) is 0.706. The maximum Gasteiger partial charge on any atom is -0.00459 e. The van der Waals surface area contributed by atoms with Crippen LogP contribution in [0.5, 0.6) is 0 Å². The van der Waals surface area contributed by atoms with E-state index in [0.717, 1.165) is 13.1 Å². The minimum Gasteiger partial charge on any atom is -0.317 e. The van der Waals surface area contributed by atoms with Crippen LogP contribution in [0, 0.1) is 13.8 Å². The molecule has 0 aliphatic rings. The van der Waals surface area contributed by atoms with E-state index in [-0.39, 0.29) is 0 Å². The predicted molar refractivity (Wildman–Crippen MR) is 62.8 cm³/mol. The molecule has 0 aliphatic heterocycles. The Kier molecular flexibility index (Phi) is 4.68. The average molecular weight is 191 g/mol. The van der Waals surface area contributed by atoms with Crippen LogP contribution in [-0.4, -0.2) is 13.1 Å². The smallest absolute Gasteiger partial charge is 0.00459 e. The van der Waals surface area contributed by atoms with Crippen molar-refractivity contribution in [2.24, 2.45) is 0 Å². The zero-order valence-electron chi connectivity index (χ0n) is 9.56. The highest BCUT2D eigenvalue weighted by atomic mass is 14.8. The van der Waals surface area contributed by atoms with Gasteiger partial charge in [-0.1, -0.05) is 36.2 Å². The first-order chi connectivity index (χ1) is 6.72. The number of aryl methyl sites for hydroxylation is 3. The van der Waals surface area contributed by atoms with Gasteiger partial charge < -0.3 is 5.32 Å². The Morgan fingerprint density at radius 2 is 1.71 bits per heavy atom. The molecule has 0 saturated heterocycles. The van der Waals surface area contributed by atoms with E-state index in [1.807, 2.05) is 0 Å². The molecule has 1 aromatic carbocycles. The molecule has 0 amide bonds. The van der Waals surface area contributed by atoms with Crippen molar-refractivity contribution in [1.29, 1.82) is 0 Å². The summed E-state index contributed by atoms with van der Waals surface area (Å²) in [6.45, 7) is 8.69. The minimum absolute atomic E-state index is 1.08. The Morgan fingerprint density at radius 1 is 1.07 bits per heavy atom. The van der Waals surface area contributed by atoms with E-state index in [1.54, 1.807) is 0 Å². The molecule has 1 N–H and O–H groups in total. The molecule has 0 bridgehead atoms. The van der Waals surface area contributed by atoms with Crippen LogP contribution in [0.3, 0.4) is 0 Å².